The molecule has 0 atom stereocenters. The number of piperazine rings is 1. The van der Waals surface area contributed by atoms with Gasteiger partial charge in [-0.05, 0) is 37.5 Å². The highest BCUT2D eigenvalue weighted by atomic mass is 127. The molecule has 6 nitrogen and oxygen atoms in total. The van der Waals surface area contributed by atoms with Crippen LogP contribution in [-0.2, 0) is 12.0 Å². The van der Waals surface area contributed by atoms with Crippen LogP contribution in [0.25, 0.3) is 0 Å². The number of aryl methyl sites for hydroxylation is 1. The van der Waals surface area contributed by atoms with Gasteiger partial charge in [0.2, 0.25) is 0 Å². The molecule has 1 aliphatic carbocycles. The molecule has 1 N–H and O–H groups in total. The molecular weight excluding hydrogens is 484 g/mol. The lowest BCUT2D eigenvalue weighted by molar-refractivity contribution is 0.169. The van der Waals surface area contributed by atoms with E-state index in [9.17, 15) is 4.39 Å². The van der Waals surface area contributed by atoms with E-state index in [4.69, 9.17) is 4.52 Å². The van der Waals surface area contributed by atoms with Gasteiger partial charge in [-0.1, -0.05) is 17.3 Å². The van der Waals surface area contributed by atoms with Gasteiger partial charge in [0.1, 0.15) is 11.6 Å². The van der Waals surface area contributed by atoms with Crippen LogP contribution in [0.3, 0.4) is 0 Å². The maximum absolute atomic E-state index is 13.6. The Balaban J connectivity index is 0.00000240. The van der Waals surface area contributed by atoms with Crippen LogP contribution in [0.1, 0.15) is 29.9 Å². The monoisotopic (exact) mass is 513 g/mol. The van der Waals surface area contributed by atoms with Crippen LogP contribution < -0.4 is 5.32 Å². The molecular formula is C21H29FIN5O. The van der Waals surface area contributed by atoms with E-state index in [-0.39, 0.29) is 35.2 Å². The van der Waals surface area contributed by atoms with Crippen LogP contribution in [0, 0.1) is 12.7 Å². The molecule has 2 aromatic rings. The van der Waals surface area contributed by atoms with Crippen molar-refractivity contribution in [3.63, 3.8) is 0 Å². The molecule has 2 heterocycles. The number of benzene rings is 1. The first-order valence-corrected chi connectivity index (χ1v) is 9.94. The van der Waals surface area contributed by atoms with Gasteiger partial charge in [-0.25, -0.2) is 4.39 Å². The van der Waals surface area contributed by atoms with Gasteiger partial charge in [-0.2, -0.15) is 0 Å². The van der Waals surface area contributed by atoms with Gasteiger partial charge in [0.25, 0.3) is 0 Å². The number of halogens is 2. The second kappa shape index (κ2) is 9.42. The standard InChI is InChI=1S/C21H28FN5O.HI/c1-16-12-19(25-28-16)14-26-8-10-27(11-9-26)20(23-2)24-15-21(6-7-21)17-4-3-5-18(22)13-17;/h3-5,12-13H,6-11,14-15H2,1-2H3,(H,23,24);1H. The zero-order valence-electron chi connectivity index (χ0n) is 17.0. The van der Waals surface area contributed by atoms with Crippen molar-refractivity contribution >= 4 is 29.9 Å². The number of guanidine groups is 1. The smallest absolute Gasteiger partial charge is 0.193 e. The Bertz CT molecular complexity index is 843. The van der Waals surface area contributed by atoms with Gasteiger partial charge >= 0.3 is 0 Å². The Morgan fingerprint density at radius 2 is 2.00 bits per heavy atom. The SMILES string of the molecule is CN=C(NCC1(c2cccc(F)c2)CC1)N1CCN(Cc2cc(C)on2)CC1.I. The third-order valence-corrected chi connectivity index (χ3v) is 5.82. The number of aromatic nitrogens is 1. The topological polar surface area (TPSA) is 56.9 Å². The minimum Gasteiger partial charge on any atom is -0.361 e. The Hall–Kier alpha value is -1.68. The Kier molecular flexibility index (Phi) is 7.15. The number of nitrogens with one attached hydrogen (secondary N) is 1. The van der Waals surface area contributed by atoms with Gasteiger partial charge in [0, 0.05) is 57.8 Å². The average Bonchev–Trinajstić information content (AvgIpc) is 3.39. The lowest BCUT2D eigenvalue weighted by Gasteiger charge is -2.36. The van der Waals surface area contributed by atoms with E-state index in [1.807, 2.05) is 26.1 Å². The Morgan fingerprint density at radius 1 is 1.24 bits per heavy atom. The maximum Gasteiger partial charge on any atom is 0.193 e. The molecule has 1 aromatic carbocycles. The number of nitrogens with zero attached hydrogens (tertiary/aromatic N) is 4. The minimum atomic E-state index is -0.161. The third kappa shape index (κ3) is 5.28. The van der Waals surface area contributed by atoms with E-state index in [1.54, 1.807) is 12.1 Å². The summed E-state index contributed by atoms with van der Waals surface area (Å²) in [6.45, 7) is 7.29. The van der Waals surface area contributed by atoms with Crippen LogP contribution in [0.2, 0.25) is 0 Å². The van der Waals surface area contributed by atoms with E-state index < -0.39 is 0 Å². The molecule has 8 heteroatoms. The van der Waals surface area contributed by atoms with Crippen molar-refractivity contribution in [2.24, 2.45) is 4.99 Å². The Labute approximate surface area is 188 Å². The van der Waals surface area contributed by atoms with E-state index in [0.717, 1.165) is 75.1 Å². The van der Waals surface area contributed by atoms with Crippen molar-refractivity contribution < 1.29 is 8.91 Å². The van der Waals surface area contributed by atoms with Gasteiger partial charge in [0.15, 0.2) is 5.96 Å². The summed E-state index contributed by atoms with van der Waals surface area (Å²) in [5.74, 6) is 1.62. The number of hydrogen-bond acceptors (Lipinski definition) is 4. The summed E-state index contributed by atoms with van der Waals surface area (Å²) < 4.78 is 18.8. The van der Waals surface area contributed by atoms with E-state index in [0.29, 0.717) is 0 Å². The van der Waals surface area contributed by atoms with E-state index >= 15 is 0 Å². The largest absolute Gasteiger partial charge is 0.361 e. The zero-order chi connectivity index (χ0) is 19.6. The highest BCUT2D eigenvalue weighted by Crippen LogP contribution is 2.47. The minimum absolute atomic E-state index is 0. The van der Waals surface area contributed by atoms with Gasteiger partial charge in [-0.3, -0.25) is 9.89 Å². The fraction of sp³-hybridized carbons (Fsp3) is 0.524. The van der Waals surface area contributed by atoms with Gasteiger partial charge in [0.05, 0.1) is 5.69 Å². The van der Waals surface area contributed by atoms with Crippen molar-refractivity contribution in [1.29, 1.82) is 0 Å². The fourth-order valence-electron chi connectivity index (χ4n) is 3.96. The molecule has 1 aliphatic heterocycles. The van der Waals surface area contributed by atoms with Crippen LogP contribution in [0.4, 0.5) is 4.39 Å². The molecule has 0 spiro atoms. The average molecular weight is 513 g/mol. The quantitative estimate of drug-likeness (QED) is 0.378. The molecule has 1 saturated carbocycles. The highest BCUT2D eigenvalue weighted by molar-refractivity contribution is 14.0. The maximum atomic E-state index is 13.6. The first-order chi connectivity index (χ1) is 13.6. The van der Waals surface area contributed by atoms with Gasteiger partial charge in [-0.15, -0.1) is 24.0 Å². The van der Waals surface area contributed by atoms with Crippen LogP contribution in [0.15, 0.2) is 39.8 Å². The molecule has 0 amide bonds. The highest BCUT2D eigenvalue weighted by Gasteiger charge is 2.44. The molecule has 0 bridgehead atoms. The summed E-state index contributed by atoms with van der Waals surface area (Å²) in [4.78, 5) is 9.16. The molecule has 1 saturated heterocycles. The van der Waals surface area contributed by atoms with Crippen LogP contribution in [-0.4, -0.2) is 60.7 Å². The first kappa shape index (κ1) is 22.0. The number of hydrogen-bond donors (Lipinski definition) is 1. The van der Waals surface area contributed by atoms with E-state index in [1.165, 1.54) is 6.07 Å². The summed E-state index contributed by atoms with van der Waals surface area (Å²) in [6.07, 6.45) is 2.18. The molecule has 4 rings (SSSR count). The van der Waals surface area contributed by atoms with Crippen LogP contribution in [0.5, 0.6) is 0 Å². The van der Waals surface area contributed by atoms with Crippen molar-refractivity contribution in [3.05, 3.63) is 53.2 Å². The predicted molar refractivity (Wildman–Crippen MR) is 122 cm³/mol. The number of rotatable bonds is 5. The van der Waals surface area contributed by atoms with Crippen molar-refractivity contribution in [2.75, 3.05) is 39.8 Å². The second-order valence-corrected chi connectivity index (χ2v) is 7.88. The molecule has 29 heavy (non-hydrogen) atoms. The molecule has 2 aliphatic rings. The summed E-state index contributed by atoms with van der Waals surface area (Å²) >= 11 is 0. The van der Waals surface area contributed by atoms with E-state index in [2.05, 4.69) is 25.3 Å². The summed E-state index contributed by atoms with van der Waals surface area (Å²) in [7, 11) is 1.83. The second-order valence-electron chi connectivity index (χ2n) is 7.88. The molecule has 2 fully saturated rings. The summed E-state index contributed by atoms with van der Waals surface area (Å²) in [6, 6.07) is 9.00. The first-order valence-electron chi connectivity index (χ1n) is 9.94. The lowest BCUT2D eigenvalue weighted by atomic mass is 9.96. The molecule has 158 valence electrons. The summed E-state index contributed by atoms with van der Waals surface area (Å²) in [5.41, 5.74) is 2.12. The summed E-state index contributed by atoms with van der Waals surface area (Å²) in [5, 5.41) is 7.62. The molecule has 1 aromatic heterocycles. The van der Waals surface area contributed by atoms with Crippen LogP contribution >= 0.6 is 24.0 Å². The third-order valence-electron chi connectivity index (χ3n) is 5.82. The zero-order valence-corrected chi connectivity index (χ0v) is 19.4. The Morgan fingerprint density at radius 3 is 2.59 bits per heavy atom. The predicted octanol–water partition coefficient (Wildman–Crippen LogP) is 3.16. The van der Waals surface area contributed by atoms with Crippen molar-refractivity contribution in [2.45, 2.75) is 31.7 Å². The number of aliphatic imine (C=N–C) groups is 1. The van der Waals surface area contributed by atoms with Gasteiger partial charge < -0.3 is 14.7 Å². The molecule has 0 unspecified atom stereocenters. The normalized spacial score (nSPS) is 19.0. The van der Waals surface area contributed by atoms with Crippen molar-refractivity contribution in [1.82, 2.24) is 20.3 Å². The molecule has 0 radical (unpaired) electrons. The fourth-order valence-corrected chi connectivity index (χ4v) is 3.96. The lowest BCUT2D eigenvalue weighted by Crippen LogP contribution is -2.53. The van der Waals surface area contributed by atoms with Crippen molar-refractivity contribution in [3.8, 4) is 0 Å².